The second kappa shape index (κ2) is 23.7. The molecule has 1 aromatic rings. The first-order chi connectivity index (χ1) is 22.9. The summed E-state index contributed by atoms with van der Waals surface area (Å²) in [6, 6.07) is 1.88. The van der Waals surface area contributed by atoms with Crippen molar-refractivity contribution in [3.8, 4) is 0 Å². The van der Waals surface area contributed by atoms with E-state index in [1.165, 1.54) is 103 Å². The molecule has 2 N–H and O–H groups in total. The molecule has 0 spiro atoms. The van der Waals surface area contributed by atoms with Gasteiger partial charge in [0.2, 0.25) is 0 Å². The van der Waals surface area contributed by atoms with Gasteiger partial charge in [0.15, 0.2) is 8.32 Å². The predicted octanol–water partition coefficient (Wildman–Crippen LogP) is 12.4. The van der Waals surface area contributed by atoms with Crippen molar-refractivity contribution in [1.29, 1.82) is 0 Å². The van der Waals surface area contributed by atoms with Gasteiger partial charge in [-0.3, -0.25) is 4.79 Å². The lowest BCUT2D eigenvalue weighted by Crippen LogP contribution is -2.48. The first-order valence-electron chi connectivity index (χ1n) is 20.3. The molecule has 0 radical (unpaired) electrons. The number of carbonyl (C=O) groups is 1. The third-order valence-electron chi connectivity index (χ3n) is 11.4. The van der Waals surface area contributed by atoms with Crippen LogP contribution in [-0.4, -0.2) is 49.8 Å². The van der Waals surface area contributed by atoms with Crippen molar-refractivity contribution in [2.45, 2.75) is 224 Å². The van der Waals surface area contributed by atoms with Gasteiger partial charge >= 0.3 is 0 Å². The Labute approximate surface area is 302 Å². The smallest absolute Gasteiger partial charge is 0.252 e. The van der Waals surface area contributed by atoms with Crippen LogP contribution in [0.1, 0.15) is 193 Å². The highest BCUT2D eigenvalue weighted by atomic mass is 32.1. The van der Waals surface area contributed by atoms with E-state index in [1.54, 1.807) is 11.3 Å². The maximum Gasteiger partial charge on any atom is 0.252 e. The van der Waals surface area contributed by atoms with Crippen molar-refractivity contribution in [3.05, 3.63) is 22.4 Å². The van der Waals surface area contributed by atoms with Crippen LogP contribution in [0.3, 0.4) is 0 Å². The lowest BCUT2D eigenvalue weighted by molar-refractivity contribution is -0.128. The van der Waals surface area contributed by atoms with Gasteiger partial charge in [0, 0.05) is 17.5 Å². The molecule has 2 rings (SSSR count). The molecule has 2 heterocycles. The van der Waals surface area contributed by atoms with Crippen LogP contribution in [-0.2, 0) is 9.16 Å². The minimum absolute atomic E-state index is 0.0467. The van der Waals surface area contributed by atoms with Crippen LogP contribution < -0.4 is 5.32 Å². The van der Waals surface area contributed by atoms with Crippen LogP contribution in [0, 0.1) is 0 Å². The molecule has 0 unspecified atom stereocenters. The number of ether oxygens (including phenoxy) is 1. The summed E-state index contributed by atoms with van der Waals surface area (Å²) in [6.07, 6.45) is 27.7. The van der Waals surface area contributed by atoms with Gasteiger partial charge in [-0.05, 0) is 68.1 Å². The van der Waals surface area contributed by atoms with E-state index in [0.717, 1.165) is 57.1 Å². The Morgan fingerprint density at radius 3 is 2.00 bits per heavy atom. The number of hydrogen-bond donors (Lipinski definition) is 2. The van der Waals surface area contributed by atoms with E-state index >= 15 is 0 Å². The number of aliphatic hydroxyl groups is 1. The third kappa shape index (κ3) is 16.5. The fraction of sp³-hybridized carbons (Fsp3) is 0.878. The van der Waals surface area contributed by atoms with E-state index < -0.39 is 13.9 Å². The Kier molecular flexibility index (Phi) is 21.4. The molecule has 4 atom stereocenters. The third-order valence-corrected chi connectivity index (χ3v) is 16.6. The molecule has 0 aromatic carbocycles. The minimum Gasteiger partial charge on any atom is -0.411 e. The van der Waals surface area contributed by atoms with Gasteiger partial charge in [-0.25, -0.2) is 0 Å². The standard InChI is InChI=1S/C41H77NO4SSi/c1-8-10-11-12-13-14-15-18-21-24-27-37(46-48(6,7)40(3,4)5)36-28-29-38(45-36)41(44,9-2)31-25-22-19-16-17-20-23-26-32-42-39(43)35-30-33-47-34-35/h30,33-34,36-38,44H,8-29,31-32H2,1-7H3,(H,42,43)/t36-,37-,38-,41-/m1/s1. The zero-order valence-corrected chi connectivity index (χ0v) is 34.3. The van der Waals surface area contributed by atoms with Gasteiger partial charge in [0.05, 0.1) is 23.9 Å². The molecule has 0 aliphatic carbocycles. The van der Waals surface area contributed by atoms with E-state index in [4.69, 9.17) is 9.16 Å². The van der Waals surface area contributed by atoms with Crippen LogP contribution in [0.15, 0.2) is 16.8 Å². The first kappa shape index (κ1) is 43.4. The van der Waals surface area contributed by atoms with Crippen molar-refractivity contribution in [1.82, 2.24) is 5.32 Å². The normalized spacial score (nSPS) is 19.0. The van der Waals surface area contributed by atoms with E-state index in [-0.39, 0.29) is 29.3 Å². The molecule has 1 fully saturated rings. The van der Waals surface area contributed by atoms with E-state index in [2.05, 4.69) is 53.0 Å². The Morgan fingerprint density at radius 1 is 0.896 bits per heavy atom. The largest absolute Gasteiger partial charge is 0.411 e. The average molecular weight is 708 g/mol. The molecule has 1 aromatic heterocycles. The maximum atomic E-state index is 12.0. The average Bonchev–Trinajstić information content (AvgIpc) is 3.77. The molecule has 0 saturated carbocycles. The number of carbonyl (C=O) groups excluding carboxylic acids is 1. The van der Waals surface area contributed by atoms with Crippen molar-refractivity contribution >= 4 is 25.6 Å². The van der Waals surface area contributed by atoms with Gasteiger partial charge in [-0.1, -0.05) is 144 Å². The van der Waals surface area contributed by atoms with Crippen molar-refractivity contribution in [2.75, 3.05) is 6.54 Å². The highest BCUT2D eigenvalue weighted by Crippen LogP contribution is 2.41. The van der Waals surface area contributed by atoms with Gasteiger partial charge in [-0.2, -0.15) is 11.3 Å². The summed E-state index contributed by atoms with van der Waals surface area (Å²) in [4.78, 5) is 12.0. The van der Waals surface area contributed by atoms with E-state index in [1.807, 2.05) is 16.8 Å². The van der Waals surface area contributed by atoms with Gasteiger partial charge in [-0.15, -0.1) is 0 Å². The summed E-state index contributed by atoms with van der Waals surface area (Å²) >= 11 is 1.56. The number of nitrogens with one attached hydrogen (secondary N) is 1. The fourth-order valence-corrected chi connectivity index (χ4v) is 8.94. The van der Waals surface area contributed by atoms with Crippen molar-refractivity contribution in [2.24, 2.45) is 0 Å². The van der Waals surface area contributed by atoms with E-state index in [9.17, 15) is 9.90 Å². The van der Waals surface area contributed by atoms with E-state index in [0.29, 0.717) is 0 Å². The quantitative estimate of drug-likeness (QED) is 0.0672. The zero-order valence-electron chi connectivity index (χ0n) is 32.5. The number of hydrogen-bond acceptors (Lipinski definition) is 5. The second-order valence-corrected chi connectivity index (χ2v) is 22.0. The van der Waals surface area contributed by atoms with Gasteiger partial charge in [0.25, 0.3) is 5.91 Å². The Hall–Kier alpha value is -0.733. The Morgan fingerprint density at radius 2 is 1.46 bits per heavy atom. The van der Waals surface area contributed by atoms with Crippen molar-refractivity contribution < 1.29 is 19.1 Å². The molecular weight excluding hydrogens is 631 g/mol. The molecule has 1 aliphatic heterocycles. The van der Waals surface area contributed by atoms with Crippen LogP contribution in [0.25, 0.3) is 0 Å². The molecule has 7 heteroatoms. The maximum absolute atomic E-state index is 12.0. The topological polar surface area (TPSA) is 67.8 Å². The van der Waals surface area contributed by atoms with Gasteiger partial charge < -0.3 is 19.6 Å². The van der Waals surface area contributed by atoms with Crippen LogP contribution in [0.5, 0.6) is 0 Å². The lowest BCUT2D eigenvalue weighted by atomic mass is 9.86. The number of unbranched alkanes of at least 4 members (excludes halogenated alkanes) is 16. The summed E-state index contributed by atoms with van der Waals surface area (Å²) < 4.78 is 13.9. The molecule has 1 amide bonds. The molecule has 1 saturated heterocycles. The molecule has 48 heavy (non-hydrogen) atoms. The molecule has 280 valence electrons. The highest BCUT2D eigenvalue weighted by Gasteiger charge is 2.46. The molecule has 1 aliphatic rings. The lowest BCUT2D eigenvalue weighted by Gasteiger charge is -2.41. The van der Waals surface area contributed by atoms with Crippen LogP contribution in [0.2, 0.25) is 18.1 Å². The Balaban J connectivity index is 1.69. The Bertz CT molecular complexity index is 949. The predicted molar refractivity (Wildman–Crippen MR) is 210 cm³/mol. The molecule has 0 bridgehead atoms. The summed E-state index contributed by atoms with van der Waals surface area (Å²) in [5, 5.41) is 18.8. The zero-order chi connectivity index (χ0) is 35.3. The van der Waals surface area contributed by atoms with Gasteiger partial charge in [0.1, 0.15) is 0 Å². The summed E-state index contributed by atoms with van der Waals surface area (Å²) in [6.45, 7) is 16.9. The first-order valence-corrected chi connectivity index (χ1v) is 24.1. The minimum atomic E-state index is -1.93. The molecular formula is C41H77NO4SSi. The SMILES string of the molecule is CCCCCCCCCCCC[C@@H](O[Si](C)(C)C(C)(C)C)[C@H]1CC[C@H]([C@@](O)(CC)CCCCCCCCCCNC(=O)c2ccsc2)O1. The van der Waals surface area contributed by atoms with Crippen molar-refractivity contribution in [3.63, 3.8) is 0 Å². The monoisotopic (exact) mass is 708 g/mol. The van der Waals surface area contributed by atoms with Crippen LogP contribution >= 0.6 is 11.3 Å². The summed E-state index contributed by atoms with van der Waals surface area (Å²) in [5.74, 6) is 0.0467. The fourth-order valence-electron chi connectivity index (χ4n) is 6.92. The number of amides is 1. The highest BCUT2D eigenvalue weighted by molar-refractivity contribution is 7.08. The summed E-state index contributed by atoms with van der Waals surface area (Å²) in [7, 11) is -1.93. The molecule has 5 nitrogen and oxygen atoms in total. The number of rotatable bonds is 28. The number of thiophene rings is 1. The van der Waals surface area contributed by atoms with Crippen LogP contribution in [0.4, 0.5) is 0 Å². The second-order valence-electron chi connectivity index (χ2n) is 16.4. The summed E-state index contributed by atoms with van der Waals surface area (Å²) in [5.41, 5.74) is 0.0367.